The number of nitrogens with one attached hydrogen (secondary N) is 1. The van der Waals surface area contributed by atoms with E-state index in [1.165, 1.54) is 154 Å². The molecular formula is C54H101NO13. The topological polar surface area (TPSA) is 228 Å². The van der Waals surface area contributed by atoms with Gasteiger partial charge in [0.1, 0.15) is 48.8 Å². The van der Waals surface area contributed by atoms with Crippen molar-refractivity contribution in [3.8, 4) is 0 Å². The van der Waals surface area contributed by atoms with Crippen molar-refractivity contribution in [3.63, 3.8) is 0 Å². The Balaban J connectivity index is 1.78. The Kier molecular flexibility index (Phi) is 37.7. The Morgan fingerprint density at radius 1 is 0.515 bits per heavy atom. The van der Waals surface area contributed by atoms with E-state index in [1.807, 2.05) is 6.08 Å². The summed E-state index contributed by atoms with van der Waals surface area (Å²) in [6.07, 6.45) is 29.3. The van der Waals surface area contributed by atoms with E-state index in [0.717, 1.165) is 38.5 Å². The van der Waals surface area contributed by atoms with Gasteiger partial charge in [-0.25, -0.2) is 0 Å². The van der Waals surface area contributed by atoms with Crippen LogP contribution in [0.4, 0.5) is 0 Å². The molecule has 0 aromatic heterocycles. The normalized spacial score (nSPS) is 26.5. The van der Waals surface area contributed by atoms with Crippen LogP contribution in [0, 0.1) is 0 Å². The Morgan fingerprint density at radius 2 is 0.926 bits per heavy atom. The van der Waals surface area contributed by atoms with E-state index in [-0.39, 0.29) is 18.9 Å². The zero-order chi connectivity index (χ0) is 49.6. The van der Waals surface area contributed by atoms with Crippen LogP contribution in [0.5, 0.6) is 0 Å². The molecule has 68 heavy (non-hydrogen) atoms. The monoisotopic (exact) mass is 972 g/mol. The smallest absolute Gasteiger partial charge is 0.220 e. The number of ether oxygens (including phenoxy) is 4. The van der Waals surface area contributed by atoms with Crippen molar-refractivity contribution < 1.29 is 64.6 Å². The molecule has 2 fully saturated rings. The van der Waals surface area contributed by atoms with E-state index in [9.17, 15) is 45.6 Å². The second-order valence-corrected chi connectivity index (χ2v) is 19.7. The number of hydrogen-bond acceptors (Lipinski definition) is 13. The molecule has 1 amide bonds. The third-order valence-electron chi connectivity index (χ3n) is 13.6. The summed E-state index contributed by atoms with van der Waals surface area (Å²) in [5.41, 5.74) is 0. The van der Waals surface area contributed by atoms with Crippen molar-refractivity contribution in [1.29, 1.82) is 0 Å². The van der Waals surface area contributed by atoms with E-state index in [4.69, 9.17) is 18.9 Å². The quantitative estimate of drug-likeness (QED) is 0.0208. The lowest BCUT2D eigenvalue weighted by atomic mass is 9.97. The second-order valence-electron chi connectivity index (χ2n) is 19.7. The highest BCUT2D eigenvalue weighted by Gasteiger charge is 2.51. The predicted molar refractivity (Wildman–Crippen MR) is 268 cm³/mol. The molecule has 0 aliphatic carbocycles. The number of allylic oxidation sites excluding steroid dienone is 3. The Labute approximate surface area is 411 Å². The van der Waals surface area contributed by atoms with E-state index in [2.05, 4.69) is 31.3 Å². The average molecular weight is 972 g/mol. The summed E-state index contributed by atoms with van der Waals surface area (Å²) >= 11 is 0. The van der Waals surface area contributed by atoms with Crippen LogP contribution in [0.3, 0.4) is 0 Å². The van der Waals surface area contributed by atoms with Gasteiger partial charge in [0.25, 0.3) is 0 Å². The fourth-order valence-electron chi connectivity index (χ4n) is 9.11. The minimum atomic E-state index is -1.79. The number of rotatable bonds is 43. The second kappa shape index (κ2) is 41.0. The summed E-state index contributed by atoms with van der Waals surface area (Å²) in [5, 5.41) is 86.8. The van der Waals surface area contributed by atoms with Gasteiger partial charge >= 0.3 is 0 Å². The van der Waals surface area contributed by atoms with Gasteiger partial charge in [-0.15, -0.1) is 0 Å². The zero-order valence-electron chi connectivity index (χ0n) is 42.6. The van der Waals surface area contributed by atoms with Crippen molar-refractivity contribution in [2.24, 2.45) is 0 Å². The SMILES string of the molecule is CCCCCCCC/C=C\CCCCCCCCCCCCCC(=O)N[C@@H](CO[C@@H]1O[C@H](CO)[C@@H](O[C@@H]2O[C@H](CO)[C@H](O)[C@H](O)[C@H]2O)[C@H](O)[C@H]1O)[C@H](O)/C=C/CCCCCCCCCCCCC. The fraction of sp³-hybridized carbons (Fsp3) is 0.907. The van der Waals surface area contributed by atoms with Crippen molar-refractivity contribution in [2.45, 2.75) is 293 Å². The van der Waals surface area contributed by atoms with Crippen molar-refractivity contribution in [3.05, 3.63) is 24.3 Å². The molecule has 2 saturated heterocycles. The van der Waals surface area contributed by atoms with Gasteiger partial charge in [0.05, 0.1) is 32.0 Å². The van der Waals surface area contributed by atoms with Gasteiger partial charge in [-0.1, -0.05) is 192 Å². The summed E-state index contributed by atoms with van der Waals surface area (Å²) < 4.78 is 22.7. The maximum atomic E-state index is 13.2. The molecule has 2 aliphatic rings. The van der Waals surface area contributed by atoms with Crippen LogP contribution in [0.1, 0.15) is 219 Å². The molecule has 0 spiro atoms. The van der Waals surface area contributed by atoms with E-state index < -0.39 is 86.8 Å². The lowest BCUT2D eigenvalue weighted by molar-refractivity contribution is -0.359. The average Bonchev–Trinajstić information content (AvgIpc) is 3.34. The van der Waals surface area contributed by atoms with Crippen molar-refractivity contribution in [1.82, 2.24) is 5.32 Å². The van der Waals surface area contributed by atoms with Gasteiger partial charge in [0, 0.05) is 6.42 Å². The molecule has 0 aromatic rings. The van der Waals surface area contributed by atoms with E-state index in [0.29, 0.717) is 6.42 Å². The Hall–Kier alpha value is -1.53. The summed E-state index contributed by atoms with van der Waals surface area (Å²) in [6.45, 7) is 2.79. The molecular weight excluding hydrogens is 871 g/mol. The lowest BCUT2D eigenvalue weighted by Gasteiger charge is -2.46. The molecule has 12 atom stereocenters. The summed E-state index contributed by atoms with van der Waals surface area (Å²) in [4.78, 5) is 13.2. The molecule has 0 radical (unpaired) electrons. The van der Waals surface area contributed by atoms with Crippen LogP contribution in [-0.2, 0) is 23.7 Å². The highest BCUT2D eigenvalue weighted by molar-refractivity contribution is 5.76. The third kappa shape index (κ3) is 27.3. The summed E-state index contributed by atoms with van der Waals surface area (Å²) in [5.74, 6) is -0.240. The van der Waals surface area contributed by atoms with Gasteiger partial charge in [0.15, 0.2) is 12.6 Å². The minimum absolute atomic E-state index is 0.240. The van der Waals surface area contributed by atoms with Gasteiger partial charge < -0.3 is 65.1 Å². The zero-order valence-corrected chi connectivity index (χ0v) is 42.6. The maximum Gasteiger partial charge on any atom is 0.220 e. The number of amides is 1. The van der Waals surface area contributed by atoms with Crippen LogP contribution in [0.2, 0.25) is 0 Å². The number of carbonyl (C=O) groups excluding carboxylic acids is 1. The van der Waals surface area contributed by atoms with Crippen molar-refractivity contribution in [2.75, 3.05) is 19.8 Å². The lowest BCUT2D eigenvalue weighted by Crippen LogP contribution is -2.65. The van der Waals surface area contributed by atoms with Gasteiger partial charge in [-0.2, -0.15) is 0 Å². The summed E-state index contributed by atoms with van der Waals surface area (Å²) in [6, 6.07) is -0.911. The summed E-state index contributed by atoms with van der Waals surface area (Å²) in [7, 11) is 0. The van der Waals surface area contributed by atoms with Crippen LogP contribution in [0.25, 0.3) is 0 Å². The fourth-order valence-corrected chi connectivity index (χ4v) is 9.11. The molecule has 0 saturated carbocycles. The number of unbranched alkanes of at least 4 members (excludes halogenated alkanes) is 28. The molecule has 0 bridgehead atoms. The number of hydrogen-bond donors (Lipinski definition) is 9. The van der Waals surface area contributed by atoms with Crippen LogP contribution >= 0.6 is 0 Å². The minimum Gasteiger partial charge on any atom is -0.394 e. The molecule has 2 aliphatic heterocycles. The first-order valence-corrected chi connectivity index (χ1v) is 27.6. The molecule has 400 valence electrons. The van der Waals surface area contributed by atoms with Gasteiger partial charge in [0.2, 0.25) is 5.91 Å². The molecule has 2 heterocycles. The van der Waals surface area contributed by atoms with Crippen LogP contribution in [0.15, 0.2) is 24.3 Å². The first-order valence-electron chi connectivity index (χ1n) is 27.6. The highest BCUT2D eigenvalue weighted by atomic mass is 16.7. The van der Waals surface area contributed by atoms with Crippen LogP contribution in [-0.4, -0.2) is 140 Å². The highest BCUT2D eigenvalue weighted by Crippen LogP contribution is 2.30. The van der Waals surface area contributed by atoms with E-state index in [1.54, 1.807) is 6.08 Å². The van der Waals surface area contributed by atoms with Gasteiger partial charge in [-0.05, 0) is 44.9 Å². The number of carbonyl (C=O) groups is 1. The Morgan fingerprint density at radius 3 is 1.40 bits per heavy atom. The van der Waals surface area contributed by atoms with Crippen molar-refractivity contribution >= 4 is 5.91 Å². The number of aliphatic hydroxyl groups excluding tert-OH is 8. The first kappa shape index (κ1) is 62.6. The Bertz CT molecular complexity index is 1240. The number of aliphatic hydroxyl groups is 8. The molecule has 9 N–H and O–H groups in total. The van der Waals surface area contributed by atoms with E-state index >= 15 is 0 Å². The molecule has 2 rings (SSSR count). The molecule has 14 heteroatoms. The first-order chi connectivity index (χ1) is 33.1. The standard InChI is InChI=1S/C54H101NO13/c1-3-5-7-9-11-13-15-17-18-19-20-21-22-23-24-26-28-30-32-34-36-38-46(59)55-42(43(58)37-35-33-31-29-27-25-16-14-12-10-8-6-4-2)41-65-53-51(64)49(62)52(45(40-57)67-53)68-54-50(63)48(61)47(60)44(39-56)66-54/h17-18,35,37,42-45,47-54,56-58,60-64H,3-16,19-34,36,38-41H2,1-2H3,(H,55,59)/b18-17-,37-35+/t42-,43+,44+,45+,47-,48-,49+,50+,51+,52+,53+,54-/m0/s1. The van der Waals surface area contributed by atoms with Crippen LogP contribution < -0.4 is 5.32 Å². The molecule has 14 nitrogen and oxygen atoms in total. The maximum absolute atomic E-state index is 13.2. The van der Waals surface area contributed by atoms with Gasteiger partial charge in [-0.3, -0.25) is 4.79 Å². The molecule has 0 unspecified atom stereocenters. The largest absolute Gasteiger partial charge is 0.394 e. The predicted octanol–water partition coefficient (Wildman–Crippen LogP) is 8.11. The third-order valence-corrected chi connectivity index (χ3v) is 13.6. The molecule has 0 aromatic carbocycles.